The Bertz CT molecular complexity index is 354. The van der Waals surface area contributed by atoms with Crippen LogP contribution in [0, 0.1) is 0 Å². The van der Waals surface area contributed by atoms with Crippen LogP contribution >= 0.6 is 15.9 Å². The van der Waals surface area contributed by atoms with E-state index in [2.05, 4.69) is 22.9 Å². The van der Waals surface area contributed by atoms with E-state index in [9.17, 15) is 5.11 Å². The van der Waals surface area contributed by atoms with Gasteiger partial charge in [-0.3, -0.25) is 0 Å². The van der Waals surface area contributed by atoms with Gasteiger partial charge in [0.05, 0.1) is 18.3 Å². The maximum atomic E-state index is 10.1. The zero-order valence-corrected chi connectivity index (χ0v) is 11.0. The van der Waals surface area contributed by atoms with E-state index in [1.54, 1.807) is 0 Å². The SMILES string of the molecule is CC1CCC(C(O)Cc2ccccc2Br)O1. The molecule has 1 saturated heterocycles. The Hall–Kier alpha value is -0.380. The predicted molar refractivity (Wildman–Crippen MR) is 67.4 cm³/mol. The summed E-state index contributed by atoms with van der Waals surface area (Å²) in [6.45, 7) is 2.06. The number of rotatable bonds is 3. The van der Waals surface area contributed by atoms with Crippen LogP contribution in [0.1, 0.15) is 25.3 Å². The molecule has 0 aromatic heterocycles. The first kappa shape index (κ1) is 12.1. The van der Waals surface area contributed by atoms with Gasteiger partial charge in [0.1, 0.15) is 0 Å². The molecule has 88 valence electrons. The Morgan fingerprint density at radius 2 is 2.19 bits per heavy atom. The minimum Gasteiger partial charge on any atom is -0.390 e. The monoisotopic (exact) mass is 284 g/mol. The summed E-state index contributed by atoms with van der Waals surface area (Å²) in [6, 6.07) is 8.00. The maximum absolute atomic E-state index is 10.1. The molecule has 0 amide bonds. The zero-order chi connectivity index (χ0) is 11.5. The average molecular weight is 285 g/mol. The fraction of sp³-hybridized carbons (Fsp3) is 0.538. The van der Waals surface area contributed by atoms with E-state index >= 15 is 0 Å². The molecule has 0 aliphatic carbocycles. The number of aliphatic hydroxyl groups is 1. The number of aliphatic hydroxyl groups excluding tert-OH is 1. The minimum absolute atomic E-state index is 0.00195. The van der Waals surface area contributed by atoms with Gasteiger partial charge in [0.25, 0.3) is 0 Å². The van der Waals surface area contributed by atoms with Crippen molar-refractivity contribution in [2.24, 2.45) is 0 Å². The molecule has 0 saturated carbocycles. The largest absolute Gasteiger partial charge is 0.390 e. The summed E-state index contributed by atoms with van der Waals surface area (Å²) in [7, 11) is 0. The highest BCUT2D eigenvalue weighted by Gasteiger charge is 2.28. The molecule has 3 atom stereocenters. The quantitative estimate of drug-likeness (QED) is 0.925. The van der Waals surface area contributed by atoms with Crippen molar-refractivity contribution in [1.82, 2.24) is 0 Å². The van der Waals surface area contributed by atoms with Crippen molar-refractivity contribution in [3.8, 4) is 0 Å². The third kappa shape index (κ3) is 2.84. The van der Waals surface area contributed by atoms with Gasteiger partial charge in [-0.25, -0.2) is 0 Å². The maximum Gasteiger partial charge on any atom is 0.0842 e. The molecule has 2 nitrogen and oxygen atoms in total. The lowest BCUT2D eigenvalue weighted by atomic mass is 10.0. The van der Waals surface area contributed by atoms with Crippen molar-refractivity contribution in [2.45, 2.75) is 44.5 Å². The van der Waals surface area contributed by atoms with E-state index in [1.807, 2.05) is 24.3 Å². The first-order chi connectivity index (χ1) is 7.66. The molecule has 1 aliphatic rings. The predicted octanol–water partition coefficient (Wildman–Crippen LogP) is 2.92. The van der Waals surface area contributed by atoms with Gasteiger partial charge in [-0.1, -0.05) is 34.1 Å². The van der Waals surface area contributed by atoms with Gasteiger partial charge in [0, 0.05) is 10.9 Å². The molecule has 1 heterocycles. The van der Waals surface area contributed by atoms with E-state index in [0.29, 0.717) is 12.5 Å². The van der Waals surface area contributed by atoms with E-state index in [0.717, 1.165) is 22.9 Å². The van der Waals surface area contributed by atoms with Crippen molar-refractivity contribution in [3.05, 3.63) is 34.3 Å². The van der Waals surface area contributed by atoms with Crippen LogP contribution in [0.3, 0.4) is 0 Å². The number of benzene rings is 1. The van der Waals surface area contributed by atoms with E-state index < -0.39 is 6.10 Å². The molecule has 1 fully saturated rings. The fourth-order valence-electron chi connectivity index (χ4n) is 2.14. The van der Waals surface area contributed by atoms with Crippen LogP contribution in [-0.2, 0) is 11.2 Å². The first-order valence-electron chi connectivity index (χ1n) is 5.73. The van der Waals surface area contributed by atoms with E-state index in [4.69, 9.17) is 4.74 Å². The third-order valence-corrected chi connectivity index (χ3v) is 3.85. The summed E-state index contributed by atoms with van der Waals surface area (Å²) in [5.74, 6) is 0. The van der Waals surface area contributed by atoms with Gasteiger partial charge in [0.15, 0.2) is 0 Å². The Balaban J connectivity index is 1.97. The molecule has 0 bridgehead atoms. The van der Waals surface area contributed by atoms with Crippen molar-refractivity contribution in [2.75, 3.05) is 0 Å². The van der Waals surface area contributed by atoms with Crippen molar-refractivity contribution < 1.29 is 9.84 Å². The Morgan fingerprint density at radius 1 is 1.44 bits per heavy atom. The number of ether oxygens (including phenoxy) is 1. The Morgan fingerprint density at radius 3 is 2.81 bits per heavy atom. The lowest BCUT2D eigenvalue weighted by molar-refractivity contribution is -0.0279. The van der Waals surface area contributed by atoms with Crippen LogP contribution in [0.5, 0.6) is 0 Å². The molecule has 16 heavy (non-hydrogen) atoms. The van der Waals surface area contributed by atoms with Gasteiger partial charge < -0.3 is 9.84 Å². The molecule has 3 unspecified atom stereocenters. The topological polar surface area (TPSA) is 29.5 Å². The zero-order valence-electron chi connectivity index (χ0n) is 9.40. The molecule has 0 radical (unpaired) electrons. The molecule has 3 heteroatoms. The second kappa shape index (κ2) is 5.30. The van der Waals surface area contributed by atoms with Crippen molar-refractivity contribution in [3.63, 3.8) is 0 Å². The average Bonchev–Trinajstić information content (AvgIpc) is 2.68. The number of hydrogen-bond donors (Lipinski definition) is 1. The smallest absolute Gasteiger partial charge is 0.0842 e. The van der Waals surface area contributed by atoms with Crippen LogP contribution < -0.4 is 0 Å². The Kier molecular flexibility index (Phi) is 4.00. The summed E-state index contributed by atoms with van der Waals surface area (Å²) < 4.78 is 6.73. The molecule has 2 rings (SSSR count). The van der Waals surface area contributed by atoms with Gasteiger partial charge in [-0.15, -0.1) is 0 Å². The molecule has 1 aromatic carbocycles. The van der Waals surface area contributed by atoms with Crippen molar-refractivity contribution in [1.29, 1.82) is 0 Å². The molecular formula is C13H17BrO2. The minimum atomic E-state index is -0.399. The molecule has 1 N–H and O–H groups in total. The molecule has 1 aliphatic heterocycles. The highest BCUT2D eigenvalue weighted by atomic mass is 79.9. The van der Waals surface area contributed by atoms with Crippen LogP contribution in [0.15, 0.2) is 28.7 Å². The van der Waals surface area contributed by atoms with Crippen LogP contribution in [0.4, 0.5) is 0 Å². The summed E-state index contributed by atoms with van der Waals surface area (Å²) in [5.41, 5.74) is 1.14. The van der Waals surface area contributed by atoms with Crippen LogP contribution in [0.2, 0.25) is 0 Å². The Labute approximate surface area is 105 Å². The van der Waals surface area contributed by atoms with Gasteiger partial charge in [0.2, 0.25) is 0 Å². The van der Waals surface area contributed by atoms with E-state index in [1.165, 1.54) is 0 Å². The highest BCUT2D eigenvalue weighted by Crippen LogP contribution is 2.25. The number of halogens is 1. The van der Waals surface area contributed by atoms with Gasteiger partial charge in [-0.05, 0) is 31.4 Å². The fourth-order valence-corrected chi connectivity index (χ4v) is 2.58. The van der Waals surface area contributed by atoms with Gasteiger partial charge in [-0.2, -0.15) is 0 Å². The molecule has 1 aromatic rings. The van der Waals surface area contributed by atoms with Gasteiger partial charge >= 0.3 is 0 Å². The second-order valence-electron chi connectivity index (χ2n) is 4.43. The van der Waals surface area contributed by atoms with Crippen LogP contribution in [0.25, 0.3) is 0 Å². The second-order valence-corrected chi connectivity index (χ2v) is 5.28. The van der Waals surface area contributed by atoms with E-state index in [-0.39, 0.29) is 6.10 Å². The normalized spacial score (nSPS) is 26.9. The summed E-state index contributed by atoms with van der Waals surface area (Å²) in [5, 5.41) is 10.1. The van der Waals surface area contributed by atoms with Crippen LogP contribution in [-0.4, -0.2) is 23.4 Å². The molecule has 0 spiro atoms. The van der Waals surface area contributed by atoms with Crippen molar-refractivity contribution >= 4 is 15.9 Å². The molecular weight excluding hydrogens is 268 g/mol. The summed E-state index contributed by atoms with van der Waals surface area (Å²) in [6.07, 6.45) is 2.56. The lowest BCUT2D eigenvalue weighted by Crippen LogP contribution is -2.28. The lowest BCUT2D eigenvalue weighted by Gasteiger charge is -2.18. The summed E-state index contributed by atoms with van der Waals surface area (Å²) >= 11 is 3.49. The highest BCUT2D eigenvalue weighted by molar-refractivity contribution is 9.10. The summed E-state index contributed by atoms with van der Waals surface area (Å²) in [4.78, 5) is 0. The third-order valence-electron chi connectivity index (χ3n) is 3.08. The first-order valence-corrected chi connectivity index (χ1v) is 6.53. The standard InChI is InChI=1S/C13H17BrO2/c1-9-6-7-13(16-9)12(15)8-10-4-2-3-5-11(10)14/h2-5,9,12-13,15H,6-8H2,1H3. The number of hydrogen-bond acceptors (Lipinski definition) is 2.